The van der Waals surface area contributed by atoms with Gasteiger partial charge in [0.1, 0.15) is 5.56 Å². The van der Waals surface area contributed by atoms with E-state index >= 15 is 0 Å². The first-order chi connectivity index (χ1) is 13.5. The predicted octanol–water partition coefficient (Wildman–Crippen LogP) is 2.77. The van der Waals surface area contributed by atoms with Crippen molar-refractivity contribution in [1.82, 2.24) is 0 Å². The summed E-state index contributed by atoms with van der Waals surface area (Å²) in [5, 5.41) is 0. The summed E-state index contributed by atoms with van der Waals surface area (Å²) >= 11 is 0. The molecule has 0 aromatic heterocycles. The first kappa shape index (κ1) is 20.9. The summed E-state index contributed by atoms with van der Waals surface area (Å²) in [6.45, 7) is -0.474. The van der Waals surface area contributed by atoms with Crippen molar-refractivity contribution in [3.8, 4) is 28.7 Å². The van der Waals surface area contributed by atoms with E-state index in [0.29, 0.717) is 23.0 Å². The molecule has 2 aromatic carbocycles. The van der Waals surface area contributed by atoms with Gasteiger partial charge in [-0.05, 0) is 24.3 Å². The molecule has 28 heavy (non-hydrogen) atoms. The summed E-state index contributed by atoms with van der Waals surface area (Å²) in [7, 11) is 7.23. The van der Waals surface area contributed by atoms with Crippen molar-refractivity contribution in [1.29, 1.82) is 0 Å². The van der Waals surface area contributed by atoms with Gasteiger partial charge in [-0.2, -0.15) is 0 Å². The van der Waals surface area contributed by atoms with Crippen molar-refractivity contribution >= 4 is 11.8 Å². The number of hydrogen-bond donors (Lipinski definition) is 0. The Morgan fingerprint density at radius 1 is 0.750 bits per heavy atom. The smallest absolute Gasteiger partial charge is 0.342 e. The molecule has 0 aliphatic rings. The molecule has 0 aliphatic carbocycles. The normalized spacial score (nSPS) is 10.0. The second-order valence-electron chi connectivity index (χ2n) is 5.45. The van der Waals surface area contributed by atoms with Crippen LogP contribution in [-0.4, -0.2) is 53.9 Å². The van der Waals surface area contributed by atoms with Crippen molar-refractivity contribution < 1.29 is 38.0 Å². The van der Waals surface area contributed by atoms with Crippen LogP contribution in [0.4, 0.5) is 0 Å². The van der Waals surface area contributed by atoms with Gasteiger partial charge < -0.3 is 28.4 Å². The zero-order chi connectivity index (χ0) is 20.7. The molecule has 0 atom stereocenters. The van der Waals surface area contributed by atoms with Gasteiger partial charge >= 0.3 is 5.97 Å². The lowest BCUT2D eigenvalue weighted by molar-refractivity contribution is 0.0471. The Bertz CT molecular complexity index is 834. The highest BCUT2D eigenvalue weighted by Gasteiger charge is 2.21. The van der Waals surface area contributed by atoms with E-state index in [-0.39, 0.29) is 16.9 Å². The lowest BCUT2D eigenvalue weighted by Gasteiger charge is -2.14. The maximum atomic E-state index is 12.5. The average Bonchev–Trinajstić information content (AvgIpc) is 2.75. The van der Waals surface area contributed by atoms with Crippen molar-refractivity contribution in [2.75, 3.05) is 42.2 Å². The zero-order valence-corrected chi connectivity index (χ0v) is 16.4. The Morgan fingerprint density at radius 3 is 1.82 bits per heavy atom. The van der Waals surface area contributed by atoms with Crippen LogP contribution in [-0.2, 0) is 4.74 Å². The molecular weight excluding hydrogens is 368 g/mol. The summed E-state index contributed by atoms with van der Waals surface area (Å²) in [4.78, 5) is 24.9. The van der Waals surface area contributed by atoms with Gasteiger partial charge in [0.2, 0.25) is 11.5 Å². The standard InChI is InChI=1S/C20H22O8/c1-23-15-8-6-7-13(18(15)26-4)20(22)28-11-14(21)12-9-16(24-2)19(27-5)17(10-12)25-3/h6-10H,11H2,1-5H3. The number of carbonyl (C=O) groups is 2. The second kappa shape index (κ2) is 9.50. The van der Waals surface area contributed by atoms with Crippen LogP contribution >= 0.6 is 0 Å². The summed E-state index contributed by atoms with van der Waals surface area (Å²) < 4.78 is 31.2. The largest absolute Gasteiger partial charge is 0.493 e. The highest BCUT2D eigenvalue weighted by Crippen LogP contribution is 2.38. The monoisotopic (exact) mass is 390 g/mol. The summed E-state index contributed by atoms with van der Waals surface area (Å²) in [5.41, 5.74) is 0.402. The molecule has 2 aromatic rings. The fourth-order valence-corrected chi connectivity index (χ4v) is 2.58. The van der Waals surface area contributed by atoms with Gasteiger partial charge in [0.25, 0.3) is 0 Å². The molecule has 0 fully saturated rings. The summed E-state index contributed by atoms with van der Waals surface area (Å²) in [5.74, 6) is 0.478. The number of ketones is 1. The van der Waals surface area contributed by atoms with E-state index in [4.69, 9.17) is 28.4 Å². The number of carbonyl (C=O) groups excluding carboxylic acids is 2. The summed E-state index contributed by atoms with van der Waals surface area (Å²) in [6, 6.07) is 7.77. The lowest BCUT2D eigenvalue weighted by Crippen LogP contribution is -2.15. The number of Topliss-reactive ketones (excluding diaryl/α,β-unsaturated/α-hetero) is 1. The van der Waals surface area contributed by atoms with Crippen LogP contribution < -0.4 is 23.7 Å². The van der Waals surface area contributed by atoms with Crippen LogP contribution in [0.15, 0.2) is 30.3 Å². The topological polar surface area (TPSA) is 89.5 Å². The molecule has 2 rings (SSSR count). The fraction of sp³-hybridized carbons (Fsp3) is 0.300. The van der Waals surface area contributed by atoms with Crippen LogP contribution in [0.3, 0.4) is 0 Å². The molecule has 0 saturated heterocycles. The summed E-state index contributed by atoms with van der Waals surface area (Å²) in [6.07, 6.45) is 0. The van der Waals surface area contributed by atoms with Gasteiger partial charge in [0.15, 0.2) is 29.6 Å². The van der Waals surface area contributed by atoms with Crippen molar-refractivity contribution in [3.05, 3.63) is 41.5 Å². The SMILES string of the molecule is COc1cc(C(=O)COC(=O)c2cccc(OC)c2OC)cc(OC)c1OC. The Morgan fingerprint density at radius 2 is 1.32 bits per heavy atom. The fourth-order valence-electron chi connectivity index (χ4n) is 2.58. The second-order valence-corrected chi connectivity index (χ2v) is 5.45. The van der Waals surface area contributed by atoms with Gasteiger partial charge in [0.05, 0.1) is 35.5 Å². The molecule has 0 aliphatic heterocycles. The van der Waals surface area contributed by atoms with Gasteiger partial charge in [-0.1, -0.05) is 6.07 Å². The number of hydrogen-bond acceptors (Lipinski definition) is 8. The maximum Gasteiger partial charge on any atom is 0.342 e. The molecule has 0 amide bonds. The molecule has 0 saturated carbocycles. The zero-order valence-electron chi connectivity index (χ0n) is 16.4. The van der Waals surface area contributed by atoms with Crippen LogP contribution in [0.25, 0.3) is 0 Å². The number of ether oxygens (including phenoxy) is 6. The van der Waals surface area contributed by atoms with E-state index in [1.807, 2.05) is 0 Å². The Hall–Kier alpha value is -3.42. The van der Waals surface area contributed by atoms with Gasteiger partial charge in [-0.3, -0.25) is 4.79 Å². The number of methoxy groups -OCH3 is 5. The van der Waals surface area contributed by atoms with E-state index in [1.54, 1.807) is 12.1 Å². The molecule has 150 valence electrons. The maximum absolute atomic E-state index is 12.5. The lowest BCUT2D eigenvalue weighted by atomic mass is 10.1. The Kier molecular flexibility index (Phi) is 7.08. The quantitative estimate of drug-likeness (QED) is 0.477. The number of esters is 1. The first-order valence-corrected chi connectivity index (χ1v) is 8.22. The molecule has 0 radical (unpaired) electrons. The number of benzene rings is 2. The van der Waals surface area contributed by atoms with Gasteiger partial charge in [-0.25, -0.2) is 4.79 Å². The molecule has 0 N–H and O–H groups in total. The van der Waals surface area contributed by atoms with Crippen LogP contribution in [0.1, 0.15) is 20.7 Å². The van der Waals surface area contributed by atoms with Crippen LogP contribution in [0.2, 0.25) is 0 Å². The Balaban J connectivity index is 2.20. The molecule has 0 bridgehead atoms. The average molecular weight is 390 g/mol. The van der Waals surface area contributed by atoms with Crippen LogP contribution in [0, 0.1) is 0 Å². The van der Waals surface area contributed by atoms with Crippen molar-refractivity contribution in [2.24, 2.45) is 0 Å². The third-order valence-corrected chi connectivity index (χ3v) is 3.94. The number of para-hydroxylation sites is 1. The van der Waals surface area contributed by atoms with Crippen molar-refractivity contribution in [3.63, 3.8) is 0 Å². The van der Waals surface area contributed by atoms with Crippen LogP contribution in [0.5, 0.6) is 28.7 Å². The molecule has 0 heterocycles. The molecular formula is C20H22O8. The van der Waals surface area contributed by atoms with Crippen molar-refractivity contribution in [2.45, 2.75) is 0 Å². The van der Waals surface area contributed by atoms with E-state index in [2.05, 4.69) is 0 Å². The molecule has 0 spiro atoms. The van der Waals surface area contributed by atoms with Gasteiger partial charge in [-0.15, -0.1) is 0 Å². The van der Waals surface area contributed by atoms with E-state index in [1.165, 1.54) is 53.7 Å². The highest BCUT2D eigenvalue weighted by molar-refractivity contribution is 6.01. The minimum Gasteiger partial charge on any atom is -0.493 e. The number of rotatable bonds is 9. The third-order valence-electron chi connectivity index (χ3n) is 3.94. The van der Waals surface area contributed by atoms with E-state index < -0.39 is 18.4 Å². The van der Waals surface area contributed by atoms with E-state index in [0.717, 1.165) is 0 Å². The van der Waals surface area contributed by atoms with Gasteiger partial charge in [0, 0.05) is 5.56 Å². The minimum atomic E-state index is -0.712. The van der Waals surface area contributed by atoms with E-state index in [9.17, 15) is 9.59 Å². The molecule has 8 heteroatoms. The molecule has 8 nitrogen and oxygen atoms in total. The minimum absolute atomic E-state index is 0.152. The first-order valence-electron chi connectivity index (χ1n) is 8.22. The highest BCUT2D eigenvalue weighted by atomic mass is 16.5. The third kappa shape index (κ3) is 4.28. The predicted molar refractivity (Wildman–Crippen MR) is 100 cm³/mol. The molecule has 0 unspecified atom stereocenters. The Labute approximate surface area is 162 Å².